The van der Waals surface area contributed by atoms with Crippen LogP contribution in [0.15, 0.2) is 65.5 Å². The first-order valence-corrected chi connectivity index (χ1v) is 10.4. The molecular formula is C20H20N4O2S2. The van der Waals surface area contributed by atoms with Crippen molar-refractivity contribution in [1.29, 1.82) is 0 Å². The summed E-state index contributed by atoms with van der Waals surface area (Å²) < 4.78 is 6.53. The Balaban J connectivity index is 1.46. The topological polar surface area (TPSA) is 76.1 Å². The second-order valence-electron chi connectivity index (χ2n) is 5.82. The molecule has 0 saturated carbocycles. The van der Waals surface area contributed by atoms with E-state index in [4.69, 9.17) is 4.74 Å². The van der Waals surface area contributed by atoms with Gasteiger partial charge in [-0.2, -0.15) is 0 Å². The van der Waals surface area contributed by atoms with Gasteiger partial charge in [0.2, 0.25) is 11.0 Å². The van der Waals surface area contributed by atoms with E-state index in [1.54, 1.807) is 6.08 Å². The van der Waals surface area contributed by atoms with Gasteiger partial charge in [0.25, 0.3) is 0 Å². The first-order valence-electron chi connectivity index (χ1n) is 8.58. The van der Waals surface area contributed by atoms with Crippen molar-refractivity contribution in [3.63, 3.8) is 0 Å². The van der Waals surface area contributed by atoms with E-state index < -0.39 is 0 Å². The van der Waals surface area contributed by atoms with Crippen molar-refractivity contribution >= 4 is 39.8 Å². The molecule has 0 atom stereocenters. The van der Waals surface area contributed by atoms with Crippen molar-refractivity contribution in [2.24, 2.45) is 0 Å². The Morgan fingerprint density at radius 2 is 1.82 bits per heavy atom. The summed E-state index contributed by atoms with van der Waals surface area (Å²) in [5, 5.41) is 14.7. The van der Waals surface area contributed by atoms with Gasteiger partial charge in [-0.1, -0.05) is 46.9 Å². The number of nitrogens with one attached hydrogen (secondary N) is 2. The number of anilines is 2. The van der Waals surface area contributed by atoms with Crippen LogP contribution >= 0.6 is 23.1 Å². The van der Waals surface area contributed by atoms with Crippen molar-refractivity contribution in [2.75, 3.05) is 22.9 Å². The number of amides is 1. The molecule has 8 heteroatoms. The normalized spacial score (nSPS) is 10.3. The third-order valence-corrected chi connectivity index (χ3v) is 5.54. The molecule has 6 nitrogen and oxygen atoms in total. The summed E-state index contributed by atoms with van der Waals surface area (Å²) in [6, 6.07) is 15.1. The average molecular weight is 413 g/mol. The van der Waals surface area contributed by atoms with Gasteiger partial charge < -0.3 is 15.4 Å². The Kier molecular flexibility index (Phi) is 7.05. The lowest BCUT2D eigenvalue weighted by Crippen LogP contribution is -2.13. The summed E-state index contributed by atoms with van der Waals surface area (Å²) in [5.41, 5.74) is 1.90. The van der Waals surface area contributed by atoms with Gasteiger partial charge in [-0.05, 0) is 43.3 Å². The number of hydrogen-bond donors (Lipinski definition) is 2. The SMILES string of the molecule is C=CCNc1nnc(SCC(=O)Nc2ccc(Oc3ccc(C)cc3)cc2)s1. The molecule has 0 aliphatic rings. The second kappa shape index (κ2) is 9.91. The largest absolute Gasteiger partial charge is 0.457 e. The van der Waals surface area contributed by atoms with E-state index in [0.717, 1.165) is 10.1 Å². The van der Waals surface area contributed by atoms with Crippen LogP contribution in [0.3, 0.4) is 0 Å². The van der Waals surface area contributed by atoms with Crippen LogP contribution in [0.4, 0.5) is 10.8 Å². The van der Waals surface area contributed by atoms with E-state index in [0.29, 0.717) is 23.1 Å². The van der Waals surface area contributed by atoms with E-state index >= 15 is 0 Å². The number of hydrogen-bond acceptors (Lipinski definition) is 7. The minimum atomic E-state index is -0.104. The molecule has 144 valence electrons. The number of aryl methyl sites for hydroxylation is 1. The molecule has 0 bridgehead atoms. The van der Waals surface area contributed by atoms with Crippen LogP contribution in [-0.4, -0.2) is 28.4 Å². The predicted molar refractivity (Wildman–Crippen MR) is 116 cm³/mol. The zero-order valence-corrected chi connectivity index (χ0v) is 17.0. The summed E-state index contributed by atoms with van der Waals surface area (Å²) >= 11 is 2.76. The molecule has 3 rings (SSSR count). The smallest absolute Gasteiger partial charge is 0.234 e. The van der Waals surface area contributed by atoms with Crippen molar-refractivity contribution < 1.29 is 9.53 Å². The third-order valence-electron chi connectivity index (χ3n) is 3.53. The number of aromatic nitrogens is 2. The van der Waals surface area contributed by atoms with Crippen LogP contribution in [-0.2, 0) is 4.79 Å². The highest BCUT2D eigenvalue weighted by Crippen LogP contribution is 2.26. The number of rotatable bonds is 9. The molecule has 28 heavy (non-hydrogen) atoms. The molecule has 1 amide bonds. The Morgan fingerprint density at radius 3 is 2.50 bits per heavy atom. The molecule has 0 radical (unpaired) electrons. The lowest BCUT2D eigenvalue weighted by Gasteiger charge is -2.08. The highest BCUT2D eigenvalue weighted by molar-refractivity contribution is 8.01. The molecule has 2 aromatic carbocycles. The van der Waals surface area contributed by atoms with E-state index in [-0.39, 0.29) is 11.7 Å². The van der Waals surface area contributed by atoms with E-state index in [2.05, 4.69) is 27.4 Å². The minimum Gasteiger partial charge on any atom is -0.457 e. The Bertz CT molecular complexity index is 924. The quantitative estimate of drug-likeness (QED) is 0.382. The number of benzene rings is 2. The third kappa shape index (κ3) is 6.11. The summed E-state index contributed by atoms with van der Waals surface area (Å²) in [6.07, 6.45) is 1.75. The van der Waals surface area contributed by atoms with E-state index in [9.17, 15) is 4.79 Å². The maximum absolute atomic E-state index is 12.1. The second-order valence-corrected chi connectivity index (χ2v) is 8.02. The Hall–Kier alpha value is -2.84. The van der Waals surface area contributed by atoms with Gasteiger partial charge in [0, 0.05) is 12.2 Å². The van der Waals surface area contributed by atoms with Crippen LogP contribution in [0.25, 0.3) is 0 Å². The molecule has 2 N–H and O–H groups in total. The van der Waals surface area contributed by atoms with Crippen molar-refractivity contribution in [3.8, 4) is 11.5 Å². The van der Waals surface area contributed by atoms with Gasteiger partial charge in [0.1, 0.15) is 11.5 Å². The van der Waals surface area contributed by atoms with Crippen LogP contribution in [0.2, 0.25) is 0 Å². The fourth-order valence-electron chi connectivity index (χ4n) is 2.17. The number of nitrogens with zero attached hydrogens (tertiary/aromatic N) is 2. The van der Waals surface area contributed by atoms with E-state index in [1.807, 2.05) is 55.5 Å². The Labute approximate surface area is 172 Å². The minimum absolute atomic E-state index is 0.104. The van der Waals surface area contributed by atoms with Crippen molar-refractivity contribution in [3.05, 3.63) is 66.7 Å². The summed E-state index contributed by atoms with van der Waals surface area (Å²) in [6.45, 7) is 6.30. The van der Waals surface area contributed by atoms with Crippen LogP contribution in [0, 0.1) is 6.92 Å². The standard InChI is InChI=1S/C20H20N4O2S2/c1-3-12-21-19-23-24-20(28-19)27-13-18(25)22-15-6-10-17(11-7-15)26-16-8-4-14(2)5-9-16/h3-11H,1,12-13H2,2H3,(H,21,23)(H,22,25). The molecule has 0 saturated heterocycles. The molecule has 0 aliphatic heterocycles. The molecule has 1 aromatic heterocycles. The lowest BCUT2D eigenvalue weighted by molar-refractivity contribution is -0.113. The summed E-state index contributed by atoms with van der Waals surface area (Å²) in [5.74, 6) is 1.65. The fraction of sp³-hybridized carbons (Fsp3) is 0.150. The number of carbonyl (C=O) groups excluding carboxylic acids is 1. The van der Waals surface area contributed by atoms with Gasteiger partial charge in [-0.15, -0.1) is 16.8 Å². The summed E-state index contributed by atoms with van der Waals surface area (Å²) in [7, 11) is 0. The van der Waals surface area contributed by atoms with Gasteiger partial charge in [-0.25, -0.2) is 0 Å². The first kappa shape index (κ1) is 19.9. The highest BCUT2D eigenvalue weighted by atomic mass is 32.2. The molecule has 0 spiro atoms. The van der Waals surface area contributed by atoms with Gasteiger partial charge in [0.05, 0.1) is 5.75 Å². The molecule has 0 unspecified atom stereocenters. The number of ether oxygens (including phenoxy) is 1. The highest BCUT2D eigenvalue weighted by Gasteiger charge is 2.08. The Morgan fingerprint density at radius 1 is 1.14 bits per heavy atom. The molecule has 1 heterocycles. The van der Waals surface area contributed by atoms with Gasteiger partial charge >= 0.3 is 0 Å². The first-order chi connectivity index (χ1) is 13.6. The number of carbonyl (C=O) groups is 1. The maximum Gasteiger partial charge on any atom is 0.234 e. The monoisotopic (exact) mass is 412 g/mol. The zero-order valence-electron chi connectivity index (χ0n) is 15.3. The molecule has 0 aliphatic carbocycles. The maximum atomic E-state index is 12.1. The van der Waals surface area contributed by atoms with Crippen molar-refractivity contribution in [1.82, 2.24) is 10.2 Å². The van der Waals surface area contributed by atoms with Crippen LogP contribution < -0.4 is 15.4 Å². The molecule has 3 aromatic rings. The predicted octanol–water partition coefficient (Wildman–Crippen LogP) is 4.97. The van der Waals surface area contributed by atoms with Crippen LogP contribution in [0.1, 0.15) is 5.56 Å². The molecule has 0 fully saturated rings. The van der Waals surface area contributed by atoms with Gasteiger partial charge in [-0.3, -0.25) is 4.79 Å². The average Bonchev–Trinajstić information content (AvgIpc) is 3.16. The summed E-state index contributed by atoms with van der Waals surface area (Å²) in [4.78, 5) is 12.1. The van der Waals surface area contributed by atoms with Crippen LogP contribution in [0.5, 0.6) is 11.5 Å². The van der Waals surface area contributed by atoms with Crippen molar-refractivity contribution in [2.45, 2.75) is 11.3 Å². The van der Waals surface area contributed by atoms with Gasteiger partial charge in [0.15, 0.2) is 4.34 Å². The number of thioether (sulfide) groups is 1. The fourth-order valence-corrected chi connectivity index (χ4v) is 3.73. The van der Waals surface area contributed by atoms with E-state index in [1.165, 1.54) is 28.7 Å². The molecular weight excluding hydrogens is 392 g/mol. The zero-order chi connectivity index (χ0) is 19.8. The lowest BCUT2D eigenvalue weighted by atomic mass is 10.2.